The van der Waals surface area contributed by atoms with Gasteiger partial charge in [-0.3, -0.25) is 9.48 Å². The van der Waals surface area contributed by atoms with Gasteiger partial charge in [0, 0.05) is 19.8 Å². The van der Waals surface area contributed by atoms with Gasteiger partial charge in [0.05, 0.1) is 30.7 Å². The van der Waals surface area contributed by atoms with Crippen LogP contribution in [-0.4, -0.2) is 45.1 Å². The van der Waals surface area contributed by atoms with Crippen molar-refractivity contribution in [3.05, 3.63) is 39.0 Å². The summed E-state index contributed by atoms with van der Waals surface area (Å²) in [7, 11) is 5.80. The number of hydrogen-bond acceptors (Lipinski definition) is 5. The molecular formula is C13H19BrN6O. The second-order valence-corrected chi connectivity index (χ2v) is 5.80. The van der Waals surface area contributed by atoms with Gasteiger partial charge in [0.1, 0.15) is 4.47 Å². The lowest BCUT2D eigenvalue weighted by Crippen LogP contribution is -2.29. The van der Waals surface area contributed by atoms with Crippen molar-refractivity contribution in [1.82, 2.24) is 24.5 Å². The minimum atomic E-state index is -0.133. The van der Waals surface area contributed by atoms with E-state index in [1.54, 1.807) is 17.1 Å². The van der Waals surface area contributed by atoms with Crippen molar-refractivity contribution in [1.29, 1.82) is 0 Å². The van der Waals surface area contributed by atoms with Gasteiger partial charge in [0.25, 0.3) is 5.56 Å². The Morgan fingerprint density at radius 1 is 1.38 bits per heavy atom. The number of aryl methyl sites for hydroxylation is 1. The van der Waals surface area contributed by atoms with E-state index in [2.05, 4.69) is 31.4 Å². The summed E-state index contributed by atoms with van der Waals surface area (Å²) in [4.78, 5) is 14.2. The molecule has 2 aromatic heterocycles. The van der Waals surface area contributed by atoms with Crippen molar-refractivity contribution < 1.29 is 0 Å². The molecule has 0 bridgehead atoms. The lowest BCUT2D eigenvalue weighted by molar-refractivity contribution is 0.367. The van der Waals surface area contributed by atoms with E-state index in [0.29, 0.717) is 23.2 Å². The number of halogens is 1. The average molecular weight is 355 g/mol. The Hall–Kier alpha value is -1.67. The second kappa shape index (κ2) is 6.86. The number of rotatable bonds is 6. The smallest absolute Gasteiger partial charge is 0.283 e. The van der Waals surface area contributed by atoms with Crippen LogP contribution in [0.1, 0.15) is 5.69 Å². The maximum Gasteiger partial charge on any atom is 0.283 e. The molecule has 0 aliphatic rings. The quantitative estimate of drug-likeness (QED) is 0.835. The molecule has 0 spiro atoms. The number of likely N-dealkylation sites (N-methyl/N-ethyl adjacent to an activating group) is 1. The SMILES string of the molecule is CN(C)CCn1ncc(NCc2ccnn2C)c(Br)c1=O. The highest BCUT2D eigenvalue weighted by Crippen LogP contribution is 2.17. The summed E-state index contributed by atoms with van der Waals surface area (Å²) in [6.45, 7) is 1.91. The van der Waals surface area contributed by atoms with Crippen molar-refractivity contribution in [2.24, 2.45) is 7.05 Å². The van der Waals surface area contributed by atoms with Gasteiger partial charge >= 0.3 is 0 Å². The first-order valence-electron chi connectivity index (χ1n) is 6.60. The Balaban J connectivity index is 2.09. The number of nitrogens with one attached hydrogen (secondary N) is 1. The molecule has 2 rings (SSSR count). The Morgan fingerprint density at radius 2 is 2.14 bits per heavy atom. The van der Waals surface area contributed by atoms with Gasteiger partial charge in [0.15, 0.2) is 0 Å². The topological polar surface area (TPSA) is 68.0 Å². The lowest BCUT2D eigenvalue weighted by atomic mass is 10.4. The summed E-state index contributed by atoms with van der Waals surface area (Å²) in [5.41, 5.74) is 1.58. The van der Waals surface area contributed by atoms with E-state index in [9.17, 15) is 4.79 Å². The van der Waals surface area contributed by atoms with E-state index in [1.165, 1.54) is 4.68 Å². The molecule has 0 aromatic carbocycles. The van der Waals surface area contributed by atoms with Crippen LogP contribution in [0.2, 0.25) is 0 Å². The van der Waals surface area contributed by atoms with Crippen molar-refractivity contribution in [3.8, 4) is 0 Å². The molecule has 114 valence electrons. The van der Waals surface area contributed by atoms with Gasteiger partial charge < -0.3 is 10.2 Å². The third-order valence-corrected chi connectivity index (χ3v) is 3.89. The first-order valence-corrected chi connectivity index (χ1v) is 7.39. The fraction of sp³-hybridized carbons (Fsp3) is 0.462. The number of hydrogen-bond donors (Lipinski definition) is 1. The van der Waals surface area contributed by atoms with Gasteiger partial charge in [-0.2, -0.15) is 10.2 Å². The van der Waals surface area contributed by atoms with Crippen molar-refractivity contribution in [2.75, 3.05) is 26.0 Å². The molecule has 0 radical (unpaired) electrons. The average Bonchev–Trinajstić information content (AvgIpc) is 2.85. The van der Waals surface area contributed by atoms with Crippen LogP contribution in [0.25, 0.3) is 0 Å². The van der Waals surface area contributed by atoms with Crippen molar-refractivity contribution in [2.45, 2.75) is 13.1 Å². The van der Waals surface area contributed by atoms with Gasteiger partial charge in [-0.25, -0.2) is 4.68 Å². The van der Waals surface area contributed by atoms with Crippen LogP contribution in [0.4, 0.5) is 5.69 Å². The Labute approximate surface area is 131 Å². The number of nitrogens with zero attached hydrogens (tertiary/aromatic N) is 5. The van der Waals surface area contributed by atoms with Crippen LogP contribution >= 0.6 is 15.9 Å². The molecule has 0 atom stereocenters. The molecule has 0 aliphatic heterocycles. The Kier molecular flexibility index (Phi) is 5.13. The summed E-state index contributed by atoms with van der Waals surface area (Å²) in [6, 6.07) is 1.92. The van der Waals surface area contributed by atoms with Crippen LogP contribution in [0.15, 0.2) is 27.7 Å². The maximum absolute atomic E-state index is 12.2. The molecule has 2 aromatic rings. The fourth-order valence-electron chi connectivity index (χ4n) is 1.80. The molecule has 8 heteroatoms. The summed E-state index contributed by atoms with van der Waals surface area (Å²) in [5.74, 6) is 0. The summed E-state index contributed by atoms with van der Waals surface area (Å²) in [5, 5.41) is 11.5. The van der Waals surface area contributed by atoms with Gasteiger partial charge in [-0.05, 0) is 36.1 Å². The van der Waals surface area contributed by atoms with E-state index in [4.69, 9.17) is 0 Å². The van der Waals surface area contributed by atoms with Gasteiger partial charge in [-0.15, -0.1) is 0 Å². The summed E-state index contributed by atoms with van der Waals surface area (Å²) in [6.07, 6.45) is 3.40. The minimum Gasteiger partial charge on any atom is -0.377 e. The zero-order valence-electron chi connectivity index (χ0n) is 12.4. The molecule has 1 N–H and O–H groups in total. The zero-order valence-corrected chi connectivity index (χ0v) is 14.0. The first-order chi connectivity index (χ1) is 9.99. The number of aromatic nitrogens is 4. The molecule has 21 heavy (non-hydrogen) atoms. The second-order valence-electron chi connectivity index (χ2n) is 5.00. The lowest BCUT2D eigenvalue weighted by Gasteiger charge is -2.12. The van der Waals surface area contributed by atoms with Crippen LogP contribution in [0, 0.1) is 0 Å². The molecule has 7 nitrogen and oxygen atoms in total. The van der Waals surface area contributed by atoms with Crippen LogP contribution in [0.5, 0.6) is 0 Å². The molecule has 0 saturated heterocycles. The fourth-order valence-corrected chi connectivity index (χ4v) is 2.25. The first kappa shape index (κ1) is 15.7. The standard InChI is InChI=1S/C13H19BrN6O/c1-18(2)6-7-20-13(21)12(14)11(9-17-20)15-8-10-4-5-16-19(10)3/h4-5,9,15H,6-8H2,1-3H3. The zero-order chi connectivity index (χ0) is 15.4. The highest BCUT2D eigenvalue weighted by molar-refractivity contribution is 9.10. The highest BCUT2D eigenvalue weighted by atomic mass is 79.9. The third kappa shape index (κ3) is 3.92. The molecule has 0 fully saturated rings. The van der Waals surface area contributed by atoms with E-state index in [0.717, 1.165) is 12.2 Å². The van der Waals surface area contributed by atoms with Crippen LogP contribution < -0.4 is 10.9 Å². The molecule has 0 aliphatic carbocycles. The Morgan fingerprint density at radius 3 is 2.76 bits per heavy atom. The largest absolute Gasteiger partial charge is 0.377 e. The number of anilines is 1. The molecule has 0 amide bonds. The maximum atomic E-state index is 12.2. The Bertz CT molecular complexity index is 663. The highest BCUT2D eigenvalue weighted by Gasteiger charge is 2.09. The minimum absolute atomic E-state index is 0.133. The van der Waals surface area contributed by atoms with Crippen LogP contribution in [0.3, 0.4) is 0 Å². The van der Waals surface area contributed by atoms with E-state index >= 15 is 0 Å². The monoisotopic (exact) mass is 354 g/mol. The predicted octanol–water partition coefficient (Wildman–Crippen LogP) is 0.913. The molecule has 0 unspecified atom stereocenters. The van der Waals surface area contributed by atoms with E-state index in [1.807, 2.05) is 32.1 Å². The van der Waals surface area contributed by atoms with E-state index < -0.39 is 0 Å². The molecule has 0 saturated carbocycles. The van der Waals surface area contributed by atoms with Crippen molar-refractivity contribution in [3.63, 3.8) is 0 Å². The summed E-state index contributed by atoms with van der Waals surface area (Å²) >= 11 is 3.35. The predicted molar refractivity (Wildman–Crippen MR) is 85.3 cm³/mol. The van der Waals surface area contributed by atoms with Gasteiger partial charge in [-0.1, -0.05) is 0 Å². The van der Waals surface area contributed by atoms with Crippen LogP contribution in [-0.2, 0) is 20.1 Å². The van der Waals surface area contributed by atoms with Crippen molar-refractivity contribution >= 4 is 21.6 Å². The molecule has 2 heterocycles. The molecular weight excluding hydrogens is 336 g/mol. The third-order valence-electron chi connectivity index (χ3n) is 3.13. The van der Waals surface area contributed by atoms with E-state index in [-0.39, 0.29) is 5.56 Å². The van der Waals surface area contributed by atoms with Gasteiger partial charge in [0.2, 0.25) is 0 Å². The summed E-state index contributed by atoms with van der Waals surface area (Å²) < 4.78 is 3.74. The normalized spacial score (nSPS) is 11.1.